The first-order chi connectivity index (χ1) is 30.3. The van der Waals surface area contributed by atoms with Crippen molar-refractivity contribution >= 4 is 105 Å². The van der Waals surface area contributed by atoms with Crippen LogP contribution >= 0.6 is 0 Å². The van der Waals surface area contributed by atoms with E-state index in [0.717, 1.165) is 21.9 Å². The second-order valence-electron chi connectivity index (χ2n) is 15.4. The predicted molar refractivity (Wildman–Crippen MR) is 237 cm³/mol. The Kier molecular flexibility index (Phi) is 6.60. The largest absolute Gasteiger partial charge is 0.506 e. The summed E-state index contributed by atoms with van der Waals surface area (Å²) in [7, 11) is 0. The van der Waals surface area contributed by atoms with Crippen LogP contribution in [0.15, 0.2) is 164 Å². The molecule has 12 aromatic rings. The second kappa shape index (κ2) is 12.1. The van der Waals surface area contributed by atoms with Crippen LogP contribution in [0.5, 0.6) is 11.5 Å². The summed E-state index contributed by atoms with van der Waals surface area (Å²) in [6.07, 6.45) is 0. The number of para-hydroxylation sites is 4. The summed E-state index contributed by atoms with van der Waals surface area (Å²) < 4.78 is 3.14. The Morgan fingerprint density at radius 2 is 0.855 bits per heavy atom. The van der Waals surface area contributed by atoms with Crippen molar-refractivity contribution in [2.45, 2.75) is 0 Å². The molecule has 62 heavy (non-hydrogen) atoms. The third-order valence-electron chi connectivity index (χ3n) is 12.0. The first-order valence-corrected chi connectivity index (χ1v) is 19.6. The first-order valence-electron chi connectivity index (χ1n) is 19.6. The highest BCUT2D eigenvalue weighted by Gasteiger charge is 2.28. The lowest BCUT2D eigenvalue weighted by molar-refractivity contribution is 0.104. The van der Waals surface area contributed by atoms with Gasteiger partial charge >= 0.3 is 0 Å². The van der Waals surface area contributed by atoms with Crippen molar-refractivity contribution in [3.63, 3.8) is 0 Å². The number of rotatable bonds is 4. The number of imidazole rings is 2. The third kappa shape index (κ3) is 4.47. The van der Waals surface area contributed by atoms with E-state index in [4.69, 9.17) is 9.97 Å². The van der Waals surface area contributed by atoms with Gasteiger partial charge in [-0.2, -0.15) is 10.2 Å². The van der Waals surface area contributed by atoms with Gasteiger partial charge in [-0.05, 0) is 71.8 Å². The van der Waals surface area contributed by atoms with Gasteiger partial charge in [0.25, 0.3) is 11.1 Å². The van der Waals surface area contributed by atoms with Crippen LogP contribution in [0.3, 0.4) is 0 Å². The number of phenols is 2. The van der Waals surface area contributed by atoms with Crippen LogP contribution in [-0.2, 0) is 0 Å². The second-order valence-corrected chi connectivity index (χ2v) is 15.4. The van der Waals surface area contributed by atoms with Gasteiger partial charge < -0.3 is 10.2 Å². The topological polar surface area (TPSA) is 176 Å². The third-order valence-corrected chi connectivity index (χ3v) is 12.0. The molecule has 0 saturated heterocycles. The molecular weight excluding hydrogens is 781 g/mol. The number of phenolic OH excluding ortho intramolecular Hbond substituents is 2. The summed E-state index contributed by atoms with van der Waals surface area (Å²) in [5.41, 5.74) is 6.58. The number of carbonyl (C=O) groups excluding carboxylic acids is 1. The Morgan fingerprint density at radius 3 is 1.32 bits per heavy atom. The van der Waals surface area contributed by atoms with E-state index in [1.54, 1.807) is 57.3 Å². The van der Waals surface area contributed by atoms with Gasteiger partial charge in [0.1, 0.15) is 34.2 Å². The van der Waals surface area contributed by atoms with Gasteiger partial charge in [0.2, 0.25) is 0 Å². The van der Waals surface area contributed by atoms with Crippen LogP contribution in [0.4, 0.5) is 22.7 Å². The summed E-state index contributed by atoms with van der Waals surface area (Å²) in [4.78, 5) is 51.1. The molecular formula is C49H24N8O5. The number of nitrogens with zero attached hydrogens (tertiary/aromatic N) is 8. The van der Waals surface area contributed by atoms with E-state index in [-0.39, 0.29) is 39.8 Å². The Balaban J connectivity index is 0.844. The molecule has 0 saturated carbocycles. The number of hydrogen-bond donors (Lipinski definition) is 2. The molecule has 290 valence electrons. The van der Waals surface area contributed by atoms with Crippen molar-refractivity contribution in [2.24, 2.45) is 20.5 Å². The summed E-state index contributed by atoms with van der Waals surface area (Å²) in [5, 5.41) is 44.8. The fourth-order valence-electron chi connectivity index (χ4n) is 9.29. The molecule has 0 unspecified atom stereocenters. The zero-order valence-corrected chi connectivity index (χ0v) is 31.9. The lowest BCUT2D eigenvalue weighted by atomic mass is 10.0. The molecule has 4 aromatic heterocycles. The van der Waals surface area contributed by atoms with E-state index >= 15 is 0 Å². The molecule has 0 amide bonds. The van der Waals surface area contributed by atoms with Crippen molar-refractivity contribution in [1.29, 1.82) is 0 Å². The van der Waals surface area contributed by atoms with E-state index in [1.807, 2.05) is 72.8 Å². The van der Waals surface area contributed by atoms with Crippen LogP contribution in [0, 0.1) is 0 Å². The van der Waals surface area contributed by atoms with Gasteiger partial charge in [-0.1, -0.05) is 72.8 Å². The molecule has 1 aliphatic rings. The molecule has 1 aliphatic carbocycles. The Hall–Kier alpha value is -8.97. The maximum Gasteiger partial charge on any atom is 0.264 e. The Bertz CT molecular complexity index is 3940. The standard InChI is InChI=1S/C49H24N8O5/c58-39-21-33-41-27(7-5-9-29(41)46-50-35-11-1-3-13-37(35)56(46)48(33)61)43(39)54-52-23-15-17-25-26-18-16-24(20-32(26)45(60)31(25)19-23)53-55-44-28-8-6-10-30-42(28)34(22-40(44)59)49(62)57-38-14-4-2-12-36(38)51-47(30)57/h1-22,58-59H. The predicted octanol–water partition coefficient (Wildman–Crippen LogP) is 11.0. The molecule has 2 N–H and O–H groups in total. The molecule has 13 nitrogen and oxygen atoms in total. The normalized spacial score (nSPS) is 13.0. The first kappa shape index (κ1) is 33.9. The zero-order valence-electron chi connectivity index (χ0n) is 31.9. The highest BCUT2D eigenvalue weighted by atomic mass is 16.3. The fourth-order valence-corrected chi connectivity index (χ4v) is 9.29. The minimum atomic E-state index is -0.298. The number of ketones is 1. The van der Waals surface area contributed by atoms with Gasteiger partial charge in [-0.25, -0.2) is 9.97 Å². The molecule has 0 bridgehead atoms. The Morgan fingerprint density at radius 1 is 0.419 bits per heavy atom. The van der Waals surface area contributed by atoms with Crippen LogP contribution in [0.1, 0.15) is 15.9 Å². The van der Waals surface area contributed by atoms with E-state index in [1.165, 1.54) is 12.1 Å². The fraction of sp³-hybridized carbons (Fsp3) is 0. The lowest BCUT2D eigenvalue weighted by Gasteiger charge is -2.10. The molecule has 0 aliphatic heterocycles. The van der Waals surface area contributed by atoms with Crippen LogP contribution in [-0.4, -0.2) is 34.8 Å². The van der Waals surface area contributed by atoms with Crippen molar-refractivity contribution in [2.75, 3.05) is 0 Å². The van der Waals surface area contributed by atoms with E-state index < -0.39 is 0 Å². The van der Waals surface area contributed by atoms with E-state index in [2.05, 4.69) is 20.5 Å². The van der Waals surface area contributed by atoms with Gasteiger partial charge in [0.15, 0.2) is 5.78 Å². The van der Waals surface area contributed by atoms with E-state index in [9.17, 15) is 24.6 Å². The van der Waals surface area contributed by atoms with Crippen molar-refractivity contribution in [1.82, 2.24) is 18.8 Å². The Labute approximate surface area is 346 Å². The summed E-state index contributed by atoms with van der Waals surface area (Å²) in [6, 6.07) is 39.1. The minimum Gasteiger partial charge on any atom is -0.506 e. The molecule has 4 heterocycles. The van der Waals surface area contributed by atoms with Crippen LogP contribution in [0.2, 0.25) is 0 Å². The van der Waals surface area contributed by atoms with Crippen molar-refractivity contribution < 1.29 is 15.0 Å². The maximum absolute atomic E-state index is 13.9. The van der Waals surface area contributed by atoms with Gasteiger partial charge in [0, 0.05) is 43.4 Å². The zero-order chi connectivity index (χ0) is 41.5. The monoisotopic (exact) mass is 804 g/mol. The summed E-state index contributed by atoms with van der Waals surface area (Å²) in [5.74, 6) is -0.659. The van der Waals surface area contributed by atoms with Crippen LogP contribution < -0.4 is 11.1 Å². The number of aromatic nitrogens is 4. The number of hydrogen-bond acceptors (Lipinski definition) is 11. The number of fused-ring (bicyclic) bond motifs is 11. The molecule has 13 heteroatoms. The highest BCUT2D eigenvalue weighted by molar-refractivity contribution is 6.23. The summed E-state index contributed by atoms with van der Waals surface area (Å²) >= 11 is 0. The average Bonchev–Trinajstić information content (AvgIpc) is 3.97. The molecule has 0 fully saturated rings. The highest BCUT2D eigenvalue weighted by Crippen LogP contribution is 2.45. The average molecular weight is 805 g/mol. The molecule has 0 spiro atoms. The quantitative estimate of drug-likeness (QED) is 0.166. The maximum atomic E-state index is 13.9. The molecule has 8 aromatic carbocycles. The van der Waals surface area contributed by atoms with Gasteiger partial charge in [0.05, 0.1) is 44.2 Å². The molecule has 0 radical (unpaired) electrons. The number of carbonyl (C=O) groups is 1. The van der Waals surface area contributed by atoms with Crippen LogP contribution in [0.25, 0.3) is 87.6 Å². The smallest absolute Gasteiger partial charge is 0.264 e. The number of benzene rings is 8. The summed E-state index contributed by atoms with van der Waals surface area (Å²) in [6.45, 7) is 0. The minimum absolute atomic E-state index is 0.182. The van der Waals surface area contributed by atoms with Gasteiger partial charge in [-0.3, -0.25) is 23.2 Å². The van der Waals surface area contributed by atoms with E-state index in [0.29, 0.717) is 88.2 Å². The molecule has 0 atom stereocenters. The van der Waals surface area contributed by atoms with Crippen molar-refractivity contribution in [3.8, 4) is 22.6 Å². The number of pyridine rings is 2. The number of azo groups is 2. The van der Waals surface area contributed by atoms with Gasteiger partial charge in [-0.15, -0.1) is 10.2 Å². The lowest BCUT2D eigenvalue weighted by Crippen LogP contribution is -2.13. The van der Waals surface area contributed by atoms with Crippen molar-refractivity contribution in [3.05, 3.63) is 165 Å². The number of aromatic hydroxyl groups is 2. The molecule has 13 rings (SSSR count). The SMILES string of the molecule is O=C1c2cc(N=Nc3c(O)cc4c(=O)n5c6ccccc6nc5c5cccc3c45)ccc2-c2ccc(N=Nc3c(O)cc4c(=O)n5c6ccccc6nc5c5cccc3c45)cc21.